The fourth-order valence-corrected chi connectivity index (χ4v) is 2.98. The Morgan fingerprint density at radius 2 is 1.66 bits per heavy atom. The first kappa shape index (κ1) is 23.0. The fraction of sp³-hybridized carbons (Fsp3) is 0.556. The van der Waals surface area contributed by atoms with Crippen LogP contribution in [-0.2, 0) is 28.5 Å². The number of rotatable bonds is 6. The molecular formula is C18H21F6N3O2. The third kappa shape index (κ3) is 6.34. The SMILES string of the molecule is CN(C)CCNC(=O)[C@H]1CC(=O)N(Cc2cc(C(F)(F)F)cc(C(F)(F)F)c2)C1. The van der Waals surface area contributed by atoms with Gasteiger partial charge in [-0.15, -0.1) is 0 Å². The van der Waals surface area contributed by atoms with Crippen molar-refractivity contribution >= 4 is 11.8 Å². The van der Waals surface area contributed by atoms with Crippen molar-refractivity contribution in [2.45, 2.75) is 25.3 Å². The normalized spacial score (nSPS) is 17.9. The topological polar surface area (TPSA) is 52.7 Å². The van der Waals surface area contributed by atoms with Crippen molar-refractivity contribution in [2.75, 3.05) is 33.7 Å². The monoisotopic (exact) mass is 425 g/mol. The summed E-state index contributed by atoms with van der Waals surface area (Å²) in [5, 5.41) is 2.66. The average Bonchev–Trinajstić information content (AvgIpc) is 2.93. The van der Waals surface area contributed by atoms with E-state index in [2.05, 4.69) is 5.32 Å². The summed E-state index contributed by atoms with van der Waals surface area (Å²) < 4.78 is 77.8. The smallest absolute Gasteiger partial charge is 0.355 e. The van der Waals surface area contributed by atoms with Gasteiger partial charge in [0.15, 0.2) is 0 Å². The summed E-state index contributed by atoms with van der Waals surface area (Å²) in [4.78, 5) is 27.2. The highest BCUT2D eigenvalue weighted by Gasteiger charge is 2.38. The molecule has 0 spiro atoms. The summed E-state index contributed by atoms with van der Waals surface area (Å²) in [5.74, 6) is -1.57. The standard InChI is InChI=1S/C18H21F6N3O2/c1-26(2)4-3-25-16(29)12-7-15(28)27(10-12)9-11-5-13(17(19,20)21)8-14(6-11)18(22,23)24/h5-6,8,12H,3-4,7,9-10H2,1-2H3,(H,25,29)/t12-/m0/s1. The Balaban J connectivity index is 2.13. The van der Waals surface area contributed by atoms with E-state index in [1.165, 1.54) is 0 Å². The molecule has 29 heavy (non-hydrogen) atoms. The Morgan fingerprint density at radius 3 is 2.14 bits per heavy atom. The number of nitrogens with one attached hydrogen (secondary N) is 1. The molecule has 11 heteroatoms. The largest absolute Gasteiger partial charge is 0.416 e. The van der Waals surface area contributed by atoms with Gasteiger partial charge in [0.1, 0.15) is 0 Å². The third-order valence-corrected chi connectivity index (χ3v) is 4.46. The zero-order valence-electron chi connectivity index (χ0n) is 15.8. The van der Waals surface area contributed by atoms with Crippen LogP contribution in [-0.4, -0.2) is 55.3 Å². The van der Waals surface area contributed by atoms with Crippen molar-refractivity contribution in [1.82, 2.24) is 15.1 Å². The highest BCUT2D eigenvalue weighted by Crippen LogP contribution is 2.36. The van der Waals surface area contributed by atoms with E-state index in [9.17, 15) is 35.9 Å². The van der Waals surface area contributed by atoms with Crippen molar-refractivity contribution < 1.29 is 35.9 Å². The van der Waals surface area contributed by atoms with Crippen molar-refractivity contribution in [2.24, 2.45) is 5.92 Å². The first-order valence-electron chi connectivity index (χ1n) is 8.76. The second-order valence-corrected chi connectivity index (χ2v) is 7.18. The number of likely N-dealkylation sites (N-methyl/N-ethyl adjacent to an activating group) is 1. The van der Waals surface area contributed by atoms with Crippen LogP contribution in [0.25, 0.3) is 0 Å². The molecule has 1 heterocycles. The summed E-state index contributed by atoms with van der Waals surface area (Å²) in [5.41, 5.74) is -3.17. The van der Waals surface area contributed by atoms with Crippen molar-refractivity contribution in [1.29, 1.82) is 0 Å². The van der Waals surface area contributed by atoms with Gasteiger partial charge in [0.05, 0.1) is 17.0 Å². The van der Waals surface area contributed by atoms with Gasteiger partial charge in [-0.1, -0.05) is 0 Å². The molecule has 1 aromatic carbocycles. The lowest BCUT2D eigenvalue weighted by Gasteiger charge is -2.19. The molecular weight excluding hydrogens is 404 g/mol. The number of carbonyl (C=O) groups is 2. The second kappa shape index (κ2) is 8.60. The number of likely N-dealkylation sites (tertiary alicyclic amines) is 1. The molecule has 1 aliphatic heterocycles. The van der Waals surface area contributed by atoms with Crippen molar-refractivity contribution in [3.63, 3.8) is 0 Å². The summed E-state index contributed by atoms with van der Waals surface area (Å²) >= 11 is 0. The van der Waals surface area contributed by atoms with Crippen LogP contribution in [0, 0.1) is 5.92 Å². The molecule has 0 aromatic heterocycles. The molecule has 0 saturated carbocycles. The minimum absolute atomic E-state index is 0.0380. The Labute approximate surface area is 163 Å². The first-order valence-corrected chi connectivity index (χ1v) is 8.76. The third-order valence-electron chi connectivity index (χ3n) is 4.46. The Kier molecular flexibility index (Phi) is 6.82. The molecule has 0 bridgehead atoms. The number of alkyl halides is 6. The number of amides is 2. The van der Waals surface area contributed by atoms with Gasteiger partial charge in [0, 0.05) is 32.6 Å². The highest BCUT2D eigenvalue weighted by atomic mass is 19.4. The van der Waals surface area contributed by atoms with Crippen LogP contribution in [0.5, 0.6) is 0 Å². The summed E-state index contributed by atoms with van der Waals surface area (Å²) in [6.07, 6.45) is -10.1. The van der Waals surface area contributed by atoms with Crippen LogP contribution in [0.15, 0.2) is 18.2 Å². The van der Waals surface area contributed by atoms with Gasteiger partial charge in [-0.25, -0.2) is 0 Å². The molecule has 1 fully saturated rings. The fourth-order valence-electron chi connectivity index (χ4n) is 2.98. The number of benzene rings is 1. The molecule has 2 amide bonds. The Morgan fingerprint density at radius 1 is 1.10 bits per heavy atom. The maximum atomic E-state index is 13.0. The number of nitrogens with zero attached hydrogens (tertiary/aromatic N) is 2. The number of hydrogen-bond donors (Lipinski definition) is 1. The van der Waals surface area contributed by atoms with Crippen LogP contribution in [0.4, 0.5) is 26.3 Å². The molecule has 1 saturated heterocycles. The lowest BCUT2D eigenvalue weighted by Crippen LogP contribution is -2.36. The van der Waals surface area contributed by atoms with Crippen LogP contribution >= 0.6 is 0 Å². The predicted octanol–water partition coefficient (Wildman–Crippen LogP) is 2.75. The number of halogens is 6. The maximum absolute atomic E-state index is 13.0. The second-order valence-electron chi connectivity index (χ2n) is 7.18. The number of carbonyl (C=O) groups excluding carboxylic acids is 2. The molecule has 1 atom stereocenters. The molecule has 1 aromatic rings. The van der Waals surface area contributed by atoms with E-state index in [1.54, 1.807) is 0 Å². The van der Waals surface area contributed by atoms with Gasteiger partial charge >= 0.3 is 12.4 Å². The van der Waals surface area contributed by atoms with E-state index < -0.39 is 41.8 Å². The summed E-state index contributed by atoms with van der Waals surface area (Å²) in [6.45, 7) is 0.442. The molecule has 2 rings (SSSR count). The van der Waals surface area contributed by atoms with Crippen LogP contribution < -0.4 is 5.32 Å². The summed E-state index contributed by atoms with van der Waals surface area (Å²) in [6, 6.07) is 1.22. The zero-order valence-corrected chi connectivity index (χ0v) is 15.8. The van der Waals surface area contributed by atoms with E-state index in [0.717, 1.165) is 4.90 Å². The van der Waals surface area contributed by atoms with Gasteiger partial charge in [-0.05, 0) is 37.9 Å². The molecule has 162 valence electrons. The van der Waals surface area contributed by atoms with E-state index >= 15 is 0 Å². The van der Waals surface area contributed by atoms with Gasteiger partial charge in [0.25, 0.3) is 0 Å². The van der Waals surface area contributed by atoms with Crippen molar-refractivity contribution in [3.8, 4) is 0 Å². The molecule has 0 radical (unpaired) electrons. The van der Waals surface area contributed by atoms with E-state index in [0.29, 0.717) is 25.2 Å². The van der Waals surface area contributed by atoms with Crippen LogP contribution in [0.2, 0.25) is 0 Å². The van der Waals surface area contributed by atoms with Gasteiger partial charge < -0.3 is 15.1 Å². The molecule has 1 aliphatic rings. The van der Waals surface area contributed by atoms with Crippen molar-refractivity contribution in [3.05, 3.63) is 34.9 Å². The minimum Gasteiger partial charge on any atom is -0.355 e. The van der Waals surface area contributed by atoms with E-state index in [-0.39, 0.29) is 30.5 Å². The lowest BCUT2D eigenvalue weighted by atomic mass is 10.0. The predicted molar refractivity (Wildman–Crippen MR) is 91.5 cm³/mol. The maximum Gasteiger partial charge on any atom is 0.416 e. The zero-order chi connectivity index (χ0) is 22.0. The van der Waals surface area contributed by atoms with Crippen LogP contribution in [0.3, 0.4) is 0 Å². The van der Waals surface area contributed by atoms with Gasteiger partial charge in [-0.3, -0.25) is 9.59 Å². The summed E-state index contributed by atoms with van der Waals surface area (Å²) in [7, 11) is 3.63. The molecule has 5 nitrogen and oxygen atoms in total. The molecule has 1 N–H and O–H groups in total. The quantitative estimate of drug-likeness (QED) is 0.714. The van der Waals surface area contributed by atoms with Gasteiger partial charge in [0.2, 0.25) is 11.8 Å². The minimum atomic E-state index is -4.96. The lowest BCUT2D eigenvalue weighted by molar-refractivity contribution is -0.143. The van der Waals surface area contributed by atoms with Gasteiger partial charge in [-0.2, -0.15) is 26.3 Å². The average molecular weight is 425 g/mol. The highest BCUT2D eigenvalue weighted by molar-refractivity contribution is 5.89. The number of hydrogen-bond acceptors (Lipinski definition) is 3. The first-order chi connectivity index (χ1) is 13.3. The van der Waals surface area contributed by atoms with Crippen LogP contribution in [0.1, 0.15) is 23.1 Å². The molecule has 0 unspecified atom stereocenters. The van der Waals surface area contributed by atoms with E-state index in [4.69, 9.17) is 0 Å². The molecule has 0 aliphatic carbocycles. The Bertz CT molecular complexity index is 729. The Hall–Kier alpha value is -2.30. The van der Waals surface area contributed by atoms with E-state index in [1.807, 2.05) is 19.0 Å².